The number of aromatic nitrogens is 1. The minimum atomic E-state index is -4.77. The Morgan fingerprint density at radius 2 is 2.05 bits per heavy atom. The van der Waals surface area contributed by atoms with Crippen LogP contribution in [0.2, 0.25) is 0 Å². The molecule has 1 aromatic carbocycles. The van der Waals surface area contributed by atoms with Gasteiger partial charge in [-0.15, -0.1) is 13.2 Å². The number of hydrogen-bond acceptors (Lipinski definition) is 5. The molecule has 2 aromatic rings. The molecule has 8 heteroatoms. The van der Waals surface area contributed by atoms with Gasteiger partial charge in [0, 0.05) is 11.8 Å². The van der Waals surface area contributed by atoms with E-state index in [1.165, 1.54) is 30.5 Å². The van der Waals surface area contributed by atoms with E-state index < -0.39 is 6.36 Å². The Hall–Kier alpha value is -2.95. The molecule has 1 aromatic heterocycles. The van der Waals surface area contributed by atoms with Crippen molar-refractivity contribution in [1.29, 1.82) is 5.26 Å². The Morgan fingerprint density at radius 1 is 1.29 bits per heavy atom. The molecule has 0 aliphatic heterocycles. The summed E-state index contributed by atoms with van der Waals surface area (Å²) in [5.74, 6) is -0.183. The Kier molecular flexibility index (Phi) is 3.84. The maximum atomic E-state index is 12.2. The lowest BCUT2D eigenvalue weighted by atomic mass is 10.2. The third-order valence-electron chi connectivity index (χ3n) is 2.36. The maximum Gasteiger partial charge on any atom is 0.573 e. The van der Waals surface area contributed by atoms with Crippen LogP contribution in [0.3, 0.4) is 0 Å². The standard InChI is InChI=1S/C13H9F3N4O/c14-13(15,16)21-11-3-1-2-10(5-11)20-12-8(6-17)4-9(18)7-19-12/h1-5,7H,18H2,(H,19,20). The highest BCUT2D eigenvalue weighted by Gasteiger charge is 2.31. The zero-order valence-corrected chi connectivity index (χ0v) is 10.5. The summed E-state index contributed by atoms with van der Waals surface area (Å²) in [7, 11) is 0. The van der Waals surface area contributed by atoms with E-state index >= 15 is 0 Å². The molecule has 1 heterocycles. The second-order valence-electron chi connectivity index (χ2n) is 3.98. The van der Waals surface area contributed by atoms with Gasteiger partial charge < -0.3 is 15.8 Å². The van der Waals surface area contributed by atoms with Gasteiger partial charge in [-0.25, -0.2) is 4.98 Å². The summed E-state index contributed by atoms with van der Waals surface area (Å²) < 4.78 is 40.3. The minimum absolute atomic E-state index is 0.178. The zero-order valence-electron chi connectivity index (χ0n) is 10.5. The number of hydrogen-bond donors (Lipinski definition) is 2. The number of nitriles is 1. The summed E-state index contributed by atoms with van der Waals surface area (Å²) in [6, 6.07) is 8.51. The van der Waals surface area contributed by atoms with Crippen molar-refractivity contribution in [3.63, 3.8) is 0 Å². The van der Waals surface area contributed by atoms with Crippen molar-refractivity contribution < 1.29 is 17.9 Å². The zero-order chi connectivity index (χ0) is 15.5. The van der Waals surface area contributed by atoms with E-state index in [4.69, 9.17) is 11.0 Å². The van der Waals surface area contributed by atoms with E-state index in [0.717, 1.165) is 6.07 Å². The normalized spacial score (nSPS) is 10.8. The van der Waals surface area contributed by atoms with Crippen LogP contribution in [0.5, 0.6) is 5.75 Å². The number of anilines is 3. The number of benzene rings is 1. The first-order valence-corrected chi connectivity index (χ1v) is 5.66. The quantitative estimate of drug-likeness (QED) is 0.908. The predicted octanol–water partition coefficient (Wildman–Crippen LogP) is 3.18. The highest BCUT2D eigenvalue weighted by Crippen LogP contribution is 2.27. The second kappa shape index (κ2) is 5.58. The van der Waals surface area contributed by atoms with Crippen LogP contribution in [0, 0.1) is 11.3 Å². The molecular weight excluding hydrogens is 285 g/mol. The third-order valence-corrected chi connectivity index (χ3v) is 2.36. The van der Waals surface area contributed by atoms with E-state index in [2.05, 4.69) is 15.0 Å². The van der Waals surface area contributed by atoms with E-state index in [9.17, 15) is 13.2 Å². The van der Waals surface area contributed by atoms with E-state index in [1.54, 1.807) is 0 Å². The molecule has 0 saturated heterocycles. The number of alkyl halides is 3. The first kappa shape index (κ1) is 14.5. The topological polar surface area (TPSA) is 84.0 Å². The largest absolute Gasteiger partial charge is 0.573 e. The summed E-state index contributed by atoms with van der Waals surface area (Å²) >= 11 is 0. The van der Waals surface area contributed by atoms with Gasteiger partial charge in [0.1, 0.15) is 17.6 Å². The Morgan fingerprint density at radius 3 is 2.71 bits per heavy atom. The first-order chi connectivity index (χ1) is 9.87. The molecule has 0 spiro atoms. The Balaban J connectivity index is 2.25. The number of nitrogens with one attached hydrogen (secondary N) is 1. The van der Waals surface area contributed by atoms with E-state index in [0.29, 0.717) is 11.4 Å². The highest BCUT2D eigenvalue weighted by molar-refractivity contribution is 5.65. The molecule has 5 nitrogen and oxygen atoms in total. The van der Waals surface area contributed by atoms with Crippen molar-refractivity contribution in [2.45, 2.75) is 6.36 Å². The molecule has 0 saturated carbocycles. The number of pyridine rings is 1. The van der Waals surface area contributed by atoms with Crippen molar-refractivity contribution in [3.05, 3.63) is 42.1 Å². The monoisotopic (exact) mass is 294 g/mol. The van der Waals surface area contributed by atoms with Gasteiger partial charge in [-0.05, 0) is 18.2 Å². The lowest BCUT2D eigenvalue weighted by molar-refractivity contribution is -0.274. The van der Waals surface area contributed by atoms with Gasteiger partial charge >= 0.3 is 6.36 Å². The molecule has 0 atom stereocenters. The number of nitrogens with two attached hydrogens (primary N) is 1. The fourth-order valence-electron chi connectivity index (χ4n) is 1.57. The average Bonchev–Trinajstić information content (AvgIpc) is 2.39. The Bertz CT molecular complexity index is 695. The third kappa shape index (κ3) is 4.01. The summed E-state index contributed by atoms with van der Waals surface area (Å²) in [5.41, 5.74) is 6.29. The lowest BCUT2D eigenvalue weighted by Gasteiger charge is -2.11. The molecule has 0 aliphatic rings. The molecule has 0 unspecified atom stereocenters. The van der Waals surface area contributed by atoms with E-state index in [1.807, 2.05) is 6.07 Å². The summed E-state index contributed by atoms with van der Waals surface area (Å²) in [6.45, 7) is 0. The summed E-state index contributed by atoms with van der Waals surface area (Å²) in [6.07, 6.45) is -3.44. The molecule has 3 N–H and O–H groups in total. The molecule has 0 amide bonds. The van der Waals surface area contributed by atoms with Gasteiger partial charge in [0.25, 0.3) is 0 Å². The van der Waals surface area contributed by atoms with Crippen LogP contribution in [0.15, 0.2) is 36.5 Å². The predicted molar refractivity (Wildman–Crippen MR) is 69.8 cm³/mol. The molecule has 21 heavy (non-hydrogen) atoms. The molecular formula is C13H9F3N4O. The fourth-order valence-corrected chi connectivity index (χ4v) is 1.57. The maximum absolute atomic E-state index is 12.2. The van der Waals surface area contributed by atoms with Gasteiger partial charge in [-0.1, -0.05) is 6.07 Å². The van der Waals surface area contributed by atoms with Crippen LogP contribution in [-0.4, -0.2) is 11.3 Å². The van der Waals surface area contributed by atoms with Gasteiger partial charge in [-0.2, -0.15) is 5.26 Å². The lowest BCUT2D eigenvalue weighted by Crippen LogP contribution is -2.17. The fraction of sp³-hybridized carbons (Fsp3) is 0.0769. The summed E-state index contributed by atoms with van der Waals surface area (Å²) in [5, 5.41) is 11.7. The molecule has 0 aliphatic carbocycles. The van der Waals surface area contributed by atoms with Crippen LogP contribution in [0.25, 0.3) is 0 Å². The van der Waals surface area contributed by atoms with Gasteiger partial charge in [0.2, 0.25) is 0 Å². The SMILES string of the molecule is N#Cc1cc(N)cnc1Nc1cccc(OC(F)(F)F)c1. The number of ether oxygens (including phenoxy) is 1. The first-order valence-electron chi connectivity index (χ1n) is 5.66. The van der Waals surface area contributed by atoms with Crippen molar-refractivity contribution in [2.24, 2.45) is 0 Å². The molecule has 0 bridgehead atoms. The number of rotatable bonds is 3. The van der Waals surface area contributed by atoms with Crippen molar-refractivity contribution in [1.82, 2.24) is 4.98 Å². The summed E-state index contributed by atoms with van der Waals surface area (Å²) in [4.78, 5) is 3.93. The smallest absolute Gasteiger partial charge is 0.406 e. The van der Waals surface area contributed by atoms with Crippen LogP contribution >= 0.6 is 0 Å². The minimum Gasteiger partial charge on any atom is -0.406 e. The molecule has 2 rings (SSSR count). The van der Waals surface area contributed by atoms with Crippen LogP contribution in [0.1, 0.15) is 5.56 Å². The Labute approximate surface area is 117 Å². The molecule has 0 radical (unpaired) electrons. The van der Waals surface area contributed by atoms with Crippen molar-refractivity contribution in [2.75, 3.05) is 11.1 Å². The number of nitrogen functional groups attached to an aromatic ring is 1. The van der Waals surface area contributed by atoms with Crippen molar-refractivity contribution in [3.8, 4) is 11.8 Å². The van der Waals surface area contributed by atoms with Crippen molar-refractivity contribution >= 4 is 17.2 Å². The van der Waals surface area contributed by atoms with Crippen LogP contribution < -0.4 is 15.8 Å². The number of halogens is 3. The van der Waals surface area contributed by atoms with E-state index in [-0.39, 0.29) is 17.1 Å². The average molecular weight is 294 g/mol. The number of nitrogens with zero attached hydrogens (tertiary/aromatic N) is 2. The van der Waals surface area contributed by atoms with Gasteiger partial charge in [0.15, 0.2) is 0 Å². The molecule has 108 valence electrons. The molecule has 0 fully saturated rings. The van der Waals surface area contributed by atoms with Gasteiger partial charge in [-0.3, -0.25) is 0 Å². The van der Waals surface area contributed by atoms with Gasteiger partial charge in [0.05, 0.1) is 17.4 Å². The second-order valence-corrected chi connectivity index (χ2v) is 3.98. The van der Waals surface area contributed by atoms with Crippen LogP contribution in [-0.2, 0) is 0 Å². The highest BCUT2D eigenvalue weighted by atomic mass is 19.4. The van der Waals surface area contributed by atoms with Crippen LogP contribution in [0.4, 0.5) is 30.4 Å².